The van der Waals surface area contributed by atoms with Crippen molar-refractivity contribution in [2.24, 2.45) is 17.7 Å². The molecule has 0 amide bonds. The van der Waals surface area contributed by atoms with Gasteiger partial charge in [-0.25, -0.2) is 4.39 Å². The first-order valence-electron chi connectivity index (χ1n) is 7.86. The van der Waals surface area contributed by atoms with Crippen LogP contribution in [0.2, 0.25) is 0 Å². The van der Waals surface area contributed by atoms with Gasteiger partial charge in [-0.3, -0.25) is 11.3 Å². The molecule has 4 heteroatoms. The van der Waals surface area contributed by atoms with E-state index < -0.39 is 0 Å². The van der Waals surface area contributed by atoms with E-state index in [-0.39, 0.29) is 11.9 Å². The van der Waals surface area contributed by atoms with Crippen LogP contribution < -0.4 is 11.3 Å². The van der Waals surface area contributed by atoms with Crippen molar-refractivity contribution in [3.63, 3.8) is 0 Å². The van der Waals surface area contributed by atoms with Crippen molar-refractivity contribution in [2.75, 3.05) is 0 Å². The molecule has 1 heterocycles. The molecular formula is C17H23FN2S. The highest BCUT2D eigenvalue weighted by Gasteiger charge is 2.29. The fourth-order valence-electron chi connectivity index (χ4n) is 3.64. The number of hydrogen-bond acceptors (Lipinski definition) is 3. The number of thiophene rings is 1. The van der Waals surface area contributed by atoms with E-state index in [1.807, 2.05) is 6.07 Å². The predicted molar refractivity (Wildman–Crippen MR) is 87.6 cm³/mol. The van der Waals surface area contributed by atoms with Gasteiger partial charge in [-0.15, -0.1) is 11.3 Å². The van der Waals surface area contributed by atoms with Gasteiger partial charge in [-0.05, 0) is 48.3 Å². The van der Waals surface area contributed by atoms with E-state index in [2.05, 4.69) is 18.4 Å². The summed E-state index contributed by atoms with van der Waals surface area (Å²) >= 11 is 1.66. The predicted octanol–water partition coefficient (Wildman–Crippen LogP) is 4.76. The molecule has 1 aliphatic rings. The summed E-state index contributed by atoms with van der Waals surface area (Å²) in [7, 11) is 0. The van der Waals surface area contributed by atoms with Crippen LogP contribution in [-0.4, -0.2) is 0 Å². The van der Waals surface area contributed by atoms with Crippen LogP contribution >= 0.6 is 11.3 Å². The van der Waals surface area contributed by atoms with Crippen molar-refractivity contribution >= 4 is 21.4 Å². The van der Waals surface area contributed by atoms with E-state index in [9.17, 15) is 4.39 Å². The molecule has 3 N–H and O–H groups in total. The fourth-order valence-corrected chi connectivity index (χ4v) is 4.88. The fraction of sp³-hybridized carbons (Fsp3) is 0.529. The molecule has 1 aromatic carbocycles. The molecule has 0 saturated heterocycles. The zero-order valence-corrected chi connectivity index (χ0v) is 13.3. The van der Waals surface area contributed by atoms with Gasteiger partial charge in [0.05, 0.1) is 6.04 Å². The molecule has 21 heavy (non-hydrogen) atoms. The lowest BCUT2D eigenvalue weighted by atomic mass is 9.76. The van der Waals surface area contributed by atoms with Gasteiger partial charge in [0.2, 0.25) is 0 Å². The van der Waals surface area contributed by atoms with Crippen LogP contribution in [0.5, 0.6) is 0 Å². The molecule has 3 unspecified atom stereocenters. The molecular weight excluding hydrogens is 283 g/mol. The van der Waals surface area contributed by atoms with Crippen molar-refractivity contribution in [1.82, 2.24) is 5.43 Å². The smallest absolute Gasteiger partial charge is 0.124 e. The molecule has 2 nitrogen and oxygen atoms in total. The molecule has 3 atom stereocenters. The number of nitrogens with two attached hydrogens (primary N) is 1. The topological polar surface area (TPSA) is 38.0 Å². The molecule has 114 valence electrons. The zero-order valence-electron chi connectivity index (χ0n) is 12.4. The lowest BCUT2D eigenvalue weighted by molar-refractivity contribution is 0.212. The summed E-state index contributed by atoms with van der Waals surface area (Å²) in [5.41, 5.74) is 3.02. The third-order valence-corrected chi connectivity index (χ3v) is 6.04. The van der Waals surface area contributed by atoms with Gasteiger partial charge < -0.3 is 0 Å². The number of hydrogen-bond donors (Lipinski definition) is 2. The molecule has 0 spiro atoms. The summed E-state index contributed by atoms with van der Waals surface area (Å²) < 4.78 is 14.4. The lowest BCUT2D eigenvalue weighted by Crippen LogP contribution is -2.35. The molecule has 0 aliphatic heterocycles. The molecule has 2 aromatic rings. The Morgan fingerprint density at radius 1 is 1.38 bits per heavy atom. The first kappa shape index (κ1) is 14.9. The average Bonchev–Trinajstić information content (AvgIpc) is 2.91. The minimum atomic E-state index is -0.170. The first-order valence-corrected chi connectivity index (χ1v) is 8.68. The third kappa shape index (κ3) is 3.12. The summed E-state index contributed by atoms with van der Waals surface area (Å²) in [4.78, 5) is 1.24. The van der Waals surface area contributed by atoms with Gasteiger partial charge in [0, 0.05) is 9.58 Å². The zero-order chi connectivity index (χ0) is 14.8. The first-order chi connectivity index (χ1) is 10.2. The highest BCUT2D eigenvalue weighted by molar-refractivity contribution is 7.19. The van der Waals surface area contributed by atoms with E-state index in [1.54, 1.807) is 17.4 Å². The van der Waals surface area contributed by atoms with Gasteiger partial charge in [0.1, 0.15) is 5.82 Å². The van der Waals surface area contributed by atoms with Crippen molar-refractivity contribution in [2.45, 2.75) is 45.1 Å². The normalized spacial score (nSPS) is 24.3. The van der Waals surface area contributed by atoms with Crippen molar-refractivity contribution in [3.05, 3.63) is 35.0 Å². The van der Waals surface area contributed by atoms with E-state index in [0.717, 1.165) is 16.0 Å². The minimum absolute atomic E-state index is 0.170. The van der Waals surface area contributed by atoms with Gasteiger partial charge in [0.25, 0.3) is 0 Å². The van der Waals surface area contributed by atoms with Gasteiger partial charge in [-0.2, -0.15) is 0 Å². The second kappa shape index (κ2) is 6.42. The number of nitrogens with one attached hydrogen (secondary N) is 1. The van der Waals surface area contributed by atoms with Crippen molar-refractivity contribution < 1.29 is 4.39 Å². The number of benzene rings is 1. The van der Waals surface area contributed by atoms with Crippen molar-refractivity contribution in [1.29, 1.82) is 0 Å². The molecule has 1 saturated carbocycles. The number of rotatable bonds is 4. The molecule has 3 rings (SSSR count). The monoisotopic (exact) mass is 306 g/mol. The minimum Gasteiger partial charge on any atom is -0.271 e. The molecule has 1 aromatic heterocycles. The maximum Gasteiger partial charge on any atom is 0.124 e. The Bertz CT molecular complexity index is 610. The van der Waals surface area contributed by atoms with Gasteiger partial charge in [-0.1, -0.05) is 32.3 Å². The lowest BCUT2D eigenvalue weighted by Gasteiger charge is -2.33. The van der Waals surface area contributed by atoms with Crippen LogP contribution in [0.1, 0.15) is 49.9 Å². The maximum absolute atomic E-state index is 13.3. The number of fused-ring (bicyclic) bond motifs is 1. The Morgan fingerprint density at radius 3 is 3.00 bits per heavy atom. The molecule has 1 aliphatic carbocycles. The van der Waals surface area contributed by atoms with Crippen LogP contribution in [0.15, 0.2) is 24.3 Å². The Labute approximate surface area is 129 Å². The number of halogens is 1. The molecule has 0 radical (unpaired) electrons. The van der Waals surface area contributed by atoms with Crippen LogP contribution in [0.4, 0.5) is 4.39 Å². The highest BCUT2D eigenvalue weighted by Crippen LogP contribution is 2.41. The Morgan fingerprint density at radius 2 is 2.24 bits per heavy atom. The SMILES string of the molecule is CCC1CCCC(C(NN)c2cc3ccc(F)cc3s2)C1. The van der Waals surface area contributed by atoms with E-state index in [4.69, 9.17) is 5.84 Å². The summed E-state index contributed by atoms with van der Waals surface area (Å²) in [6.07, 6.45) is 6.37. The quantitative estimate of drug-likeness (QED) is 0.631. The van der Waals surface area contributed by atoms with Crippen LogP contribution in [0.3, 0.4) is 0 Å². The summed E-state index contributed by atoms with van der Waals surface area (Å²) in [6.45, 7) is 2.28. The average molecular weight is 306 g/mol. The summed E-state index contributed by atoms with van der Waals surface area (Å²) in [5, 5.41) is 1.11. The third-order valence-electron chi connectivity index (χ3n) is 4.86. The summed E-state index contributed by atoms with van der Waals surface area (Å²) in [6, 6.07) is 7.36. The number of hydrazine groups is 1. The van der Waals surface area contributed by atoms with Crippen LogP contribution in [-0.2, 0) is 0 Å². The van der Waals surface area contributed by atoms with Gasteiger partial charge in [0.15, 0.2) is 0 Å². The molecule has 1 fully saturated rings. The van der Waals surface area contributed by atoms with Crippen molar-refractivity contribution in [3.8, 4) is 0 Å². The Hall–Kier alpha value is -0.970. The Balaban J connectivity index is 1.87. The summed E-state index contributed by atoms with van der Waals surface area (Å²) in [5.74, 6) is 7.10. The maximum atomic E-state index is 13.3. The highest BCUT2D eigenvalue weighted by atomic mass is 32.1. The van der Waals surface area contributed by atoms with Crippen LogP contribution in [0.25, 0.3) is 10.1 Å². The standard InChI is InChI=1S/C17H23FN2S/c1-2-11-4-3-5-13(8-11)17(20-19)16-9-12-6-7-14(18)10-15(12)21-16/h6-7,9-11,13,17,20H,2-5,8,19H2,1H3. The van der Waals surface area contributed by atoms with E-state index in [0.29, 0.717) is 5.92 Å². The van der Waals surface area contributed by atoms with Gasteiger partial charge >= 0.3 is 0 Å². The van der Waals surface area contributed by atoms with E-state index >= 15 is 0 Å². The van der Waals surface area contributed by atoms with Crippen LogP contribution in [0, 0.1) is 17.7 Å². The second-order valence-electron chi connectivity index (χ2n) is 6.18. The Kier molecular flexibility index (Phi) is 4.57. The largest absolute Gasteiger partial charge is 0.271 e. The van der Waals surface area contributed by atoms with E-state index in [1.165, 1.54) is 43.0 Å². The molecule has 0 bridgehead atoms. The second-order valence-corrected chi connectivity index (χ2v) is 7.29.